The van der Waals surface area contributed by atoms with Crippen LogP contribution in [0, 0.1) is 29.3 Å². The summed E-state index contributed by atoms with van der Waals surface area (Å²) in [5.74, 6) is 0.319. The number of benzene rings is 2. The lowest BCUT2D eigenvalue weighted by Gasteiger charge is -2.38. The topological polar surface area (TPSA) is 18.5 Å². The predicted octanol–water partition coefficient (Wildman–Crippen LogP) is 8.93. The lowest BCUT2D eigenvalue weighted by molar-refractivity contribution is 0.175. The van der Waals surface area contributed by atoms with E-state index >= 15 is 0 Å². The van der Waals surface area contributed by atoms with Crippen molar-refractivity contribution < 1.29 is 22.6 Å². The molecule has 2 saturated carbocycles. The van der Waals surface area contributed by atoms with Crippen LogP contribution in [0.1, 0.15) is 101 Å². The van der Waals surface area contributed by atoms with Crippen LogP contribution < -0.4 is 9.47 Å². The summed E-state index contributed by atoms with van der Waals surface area (Å²) < 4.78 is 54.4. The molecule has 0 radical (unpaired) electrons. The van der Waals surface area contributed by atoms with Crippen molar-refractivity contribution in [3.8, 4) is 11.5 Å². The van der Waals surface area contributed by atoms with E-state index in [1.165, 1.54) is 0 Å². The Hall–Kier alpha value is -2.17. The first-order valence-electron chi connectivity index (χ1n) is 13.5. The second kappa shape index (κ2) is 12.2. The fourth-order valence-corrected chi connectivity index (χ4v) is 6.17. The molecule has 0 spiro atoms. The summed E-state index contributed by atoms with van der Waals surface area (Å²) >= 11 is 0. The second-order valence-electron chi connectivity index (χ2n) is 10.3. The molecule has 0 unspecified atom stereocenters. The fraction of sp³-hybridized carbons (Fsp3) is 0.600. The van der Waals surface area contributed by atoms with E-state index in [4.69, 9.17) is 9.47 Å². The molecule has 2 fully saturated rings. The van der Waals surface area contributed by atoms with Gasteiger partial charge in [0.25, 0.3) is 0 Å². The van der Waals surface area contributed by atoms with Crippen molar-refractivity contribution in [3.63, 3.8) is 0 Å². The molecule has 0 aliphatic heterocycles. The first kappa shape index (κ1) is 25.9. The van der Waals surface area contributed by atoms with Gasteiger partial charge in [0.1, 0.15) is 0 Å². The van der Waals surface area contributed by atoms with Crippen molar-refractivity contribution in [1.82, 2.24) is 0 Å². The number of hydrogen-bond donors (Lipinski definition) is 0. The van der Waals surface area contributed by atoms with Crippen molar-refractivity contribution in [1.29, 1.82) is 0 Å². The molecule has 0 N–H and O–H groups in total. The van der Waals surface area contributed by atoms with Crippen LogP contribution in [-0.2, 0) is 0 Å². The Balaban J connectivity index is 1.28. The molecule has 192 valence electrons. The van der Waals surface area contributed by atoms with Crippen LogP contribution in [0.4, 0.5) is 13.2 Å². The Morgan fingerprint density at radius 3 is 1.94 bits per heavy atom. The van der Waals surface area contributed by atoms with Crippen molar-refractivity contribution in [3.05, 3.63) is 58.9 Å². The average Bonchev–Trinajstić information content (AvgIpc) is 2.88. The van der Waals surface area contributed by atoms with E-state index in [0.29, 0.717) is 42.3 Å². The molecular weight excluding hydrogens is 449 g/mol. The van der Waals surface area contributed by atoms with Crippen LogP contribution >= 0.6 is 0 Å². The number of halogens is 3. The summed E-state index contributed by atoms with van der Waals surface area (Å²) in [5.41, 5.74) is 1.58. The zero-order valence-electron chi connectivity index (χ0n) is 21.1. The van der Waals surface area contributed by atoms with Gasteiger partial charge < -0.3 is 9.47 Å². The molecule has 4 rings (SSSR count). The van der Waals surface area contributed by atoms with E-state index in [1.54, 1.807) is 24.3 Å². The van der Waals surface area contributed by atoms with Gasteiger partial charge in [0.2, 0.25) is 5.82 Å². The van der Waals surface area contributed by atoms with Crippen molar-refractivity contribution in [2.45, 2.75) is 89.9 Å². The highest BCUT2D eigenvalue weighted by molar-refractivity contribution is 5.34. The van der Waals surface area contributed by atoms with E-state index in [2.05, 4.69) is 0 Å². The zero-order valence-corrected chi connectivity index (χ0v) is 21.1. The molecule has 2 aromatic rings. The number of ether oxygens (including phenoxy) is 2. The molecule has 0 bridgehead atoms. The maximum atomic E-state index is 14.8. The van der Waals surface area contributed by atoms with Crippen LogP contribution in [0.2, 0.25) is 0 Å². The monoisotopic (exact) mass is 488 g/mol. The molecule has 2 aliphatic carbocycles. The number of hydrogen-bond acceptors (Lipinski definition) is 2. The minimum Gasteiger partial charge on any atom is -0.491 e. The van der Waals surface area contributed by atoms with Crippen molar-refractivity contribution >= 4 is 0 Å². The first-order chi connectivity index (χ1) is 17.0. The lowest BCUT2D eigenvalue weighted by Crippen LogP contribution is -2.25. The third-order valence-electron chi connectivity index (χ3n) is 8.21. The summed E-state index contributed by atoms with van der Waals surface area (Å²) in [6.45, 7) is 4.77. The van der Waals surface area contributed by atoms with Crippen LogP contribution in [-0.4, -0.2) is 13.2 Å². The maximum absolute atomic E-state index is 14.8. The maximum Gasteiger partial charge on any atom is 0.200 e. The van der Waals surface area contributed by atoms with Gasteiger partial charge in [-0.15, -0.1) is 0 Å². The van der Waals surface area contributed by atoms with Crippen LogP contribution in [0.5, 0.6) is 11.5 Å². The summed E-state index contributed by atoms with van der Waals surface area (Å²) in [4.78, 5) is 0. The van der Waals surface area contributed by atoms with E-state index in [-0.39, 0.29) is 17.5 Å². The summed E-state index contributed by atoms with van der Waals surface area (Å²) in [6, 6.07) is 8.74. The van der Waals surface area contributed by atoms with Gasteiger partial charge in [-0.1, -0.05) is 25.5 Å². The summed E-state index contributed by atoms with van der Waals surface area (Å²) in [5, 5.41) is 0. The molecule has 2 nitrogen and oxygen atoms in total. The molecule has 2 aromatic carbocycles. The van der Waals surface area contributed by atoms with Gasteiger partial charge in [-0.25, -0.2) is 8.78 Å². The largest absolute Gasteiger partial charge is 0.491 e. The lowest BCUT2D eigenvalue weighted by atomic mass is 9.67. The van der Waals surface area contributed by atoms with Gasteiger partial charge in [0, 0.05) is 0 Å². The highest BCUT2D eigenvalue weighted by atomic mass is 19.2. The Kier molecular flexibility index (Phi) is 9.02. The normalized spacial score (nSPS) is 24.8. The Bertz CT molecular complexity index is 960. The SMILES string of the molecule is CCCCOc1ccc(C2CCC(C3CCC(c4ccc(OCC)c(F)c4)CC3)CC2)c(F)c1F. The molecule has 0 amide bonds. The van der Waals surface area contributed by atoms with Gasteiger partial charge in [0.05, 0.1) is 13.2 Å². The molecular formula is C30H39F3O2. The van der Waals surface area contributed by atoms with Gasteiger partial charge in [0.15, 0.2) is 23.1 Å². The molecule has 0 atom stereocenters. The molecule has 2 aliphatic rings. The van der Waals surface area contributed by atoms with E-state index in [1.807, 2.05) is 19.9 Å². The van der Waals surface area contributed by atoms with Crippen molar-refractivity contribution in [2.75, 3.05) is 13.2 Å². The minimum atomic E-state index is -0.843. The molecule has 35 heavy (non-hydrogen) atoms. The summed E-state index contributed by atoms with van der Waals surface area (Å²) in [6.07, 6.45) is 10.2. The van der Waals surface area contributed by atoms with E-state index in [0.717, 1.165) is 69.8 Å². The number of rotatable bonds is 9. The smallest absolute Gasteiger partial charge is 0.200 e. The predicted molar refractivity (Wildman–Crippen MR) is 134 cm³/mol. The zero-order chi connectivity index (χ0) is 24.8. The Morgan fingerprint density at radius 2 is 1.34 bits per heavy atom. The van der Waals surface area contributed by atoms with Gasteiger partial charge in [-0.05, 0) is 118 Å². The standard InChI is InChI=1S/C30H39F3O2/c1-3-5-18-35-28-17-15-25(29(32)30(28)33)23-12-10-21(11-13-23)20-6-8-22(9-7-20)24-14-16-27(34-4-2)26(31)19-24/h14-17,19-23H,3-13,18H2,1-2H3. The Morgan fingerprint density at radius 1 is 0.714 bits per heavy atom. The van der Waals surface area contributed by atoms with Gasteiger partial charge in [-0.3, -0.25) is 0 Å². The second-order valence-corrected chi connectivity index (χ2v) is 10.3. The quantitative estimate of drug-likeness (QED) is 0.328. The van der Waals surface area contributed by atoms with Crippen molar-refractivity contribution in [2.24, 2.45) is 11.8 Å². The number of unbranched alkanes of at least 4 members (excludes halogenated alkanes) is 1. The third-order valence-corrected chi connectivity index (χ3v) is 8.21. The van der Waals surface area contributed by atoms with Crippen LogP contribution in [0.25, 0.3) is 0 Å². The Labute approximate surface area is 208 Å². The average molecular weight is 489 g/mol. The van der Waals surface area contributed by atoms with E-state index < -0.39 is 11.6 Å². The van der Waals surface area contributed by atoms with Crippen LogP contribution in [0.3, 0.4) is 0 Å². The third kappa shape index (κ3) is 6.16. The highest BCUT2D eigenvalue weighted by Crippen LogP contribution is 2.46. The minimum absolute atomic E-state index is 0.0255. The van der Waals surface area contributed by atoms with Gasteiger partial charge >= 0.3 is 0 Å². The van der Waals surface area contributed by atoms with Crippen LogP contribution in [0.15, 0.2) is 30.3 Å². The molecule has 5 heteroatoms. The molecule has 0 saturated heterocycles. The molecule has 0 aromatic heterocycles. The summed E-state index contributed by atoms with van der Waals surface area (Å²) in [7, 11) is 0. The molecule has 0 heterocycles. The first-order valence-corrected chi connectivity index (χ1v) is 13.5. The fourth-order valence-electron chi connectivity index (χ4n) is 6.17. The van der Waals surface area contributed by atoms with E-state index in [9.17, 15) is 13.2 Å². The van der Waals surface area contributed by atoms with Gasteiger partial charge in [-0.2, -0.15) is 4.39 Å². The highest BCUT2D eigenvalue weighted by Gasteiger charge is 2.33.